The van der Waals surface area contributed by atoms with E-state index in [9.17, 15) is 18.9 Å². The van der Waals surface area contributed by atoms with Crippen LogP contribution in [0.2, 0.25) is 0 Å². The zero-order valence-corrected chi connectivity index (χ0v) is 9.43. The Labute approximate surface area is 106 Å². The molecule has 0 amide bonds. The highest BCUT2D eigenvalue weighted by atomic mass is 19.1. The van der Waals surface area contributed by atoms with Crippen LogP contribution in [0.5, 0.6) is 0 Å². The standard InChI is InChI=1S/C13H6F2N2O2/c14-11-4-2-1-3-9(11)10-6-13(17(18)19)12(15)5-8(10)7-16/h1-6H. The number of benzene rings is 2. The second kappa shape index (κ2) is 4.82. The maximum Gasteiger partial charge on any atom is 0.305 e. The number of nitro benzene ring substituents is 1. The lowest BCUT2D eigenvalue weighted by Gasteiger charge is -2.06. The van der Waals surface area contributed by atoms with Crippen molar-refractivity contribution in [3.8, 4) is 17.2 Å². The van der Waals surface area contributed by atoms with Crippen molar-refractivity contribution in [2.75, 3.05) is 0 Å². The Morgan fingerprint density at radius 3 is 2.37 bits per heavy atom. The Balaban J connectivity index is 2.76. The smallest absolute Gasteiger partial charge is 0.258 e. The van der Waals surface area contributed by atoms with Gasteiger partial charge in [-0.3, -0.25) is 10.1 Å². The predicted octanol–water partition coefficient (Wildman–Crippen LogP) is 3.41. The highest BCUT2D eigenvalue weighted by Crippen LogP contribution is 2.31. The first-order chi connectivity index (χ1) is 9.04. The van der Waals surface area contributed by atoms with Gasteiger partial charge in [0.05, 0.1) is 16.6 Å². The van der Waals surface area contributed by atoms with Gasteiger partial charge in [0.2, 0.25) is 5.82 Å². The van der Waals surface area contributed by atoms with Gasteiger partial charge in [-0.1, -0.05) is 18.2 Å². The highest BCUT2D eigenvalue weighted by Gasteiger charge is 2.20. The van der Waals surface area contributed by atoms with Crippen LogP contribution < -0.4 is 0 Å². The summed E-state index contributed by atoms with van der Waals surface area (Å²) in [5, 5.41) is 19.6. The zero-order valence-electron chi connectivity index (χ0n) is 9.43. The molecule has 0 bridgehead atoms. The van der Waals surface area contributed by atoms with Gasteiger partial charge >= 0.3 is 5.69 Å². The van der Waals surface area contributed by atoms with E-state index in [1.165, 1.54) is 18.2 Å². The Hall–Kier alpha value is -2.81. The van der Waals surface area contributed by atoms with Crippen molar-refractivity contribution < 1.29 is 13.7 Å². The summed E-state index contributed by atoms with van der Waals surface area (Å²) in [5.74, 6) is -1.76. The van der Waals surface area contributed by atoms with Crippen LogP contribution in [0.25, 0.3) is 11.1 Å². The van der Waals surface area contributed by atoms with Crippen LogP contribution in [-0.2, 0) is 0 Å². The Morgan fingerprint density at radius 2 is 1.79 bits per heavy atom. The van der Waals surface area contributed by atoms with Crippen LogP contribution in [0.15, 0.2) is 36.4 Å². The molecule has 0 spiro atoms. The Bertz CT molecular complexity index is 708. The summed E-state index contributed by atoms with van der Waals surface area (Å²) in [7, 11) is 0. The second-order valence-electron chi connectivity index (χ2n) is 3.70. The molecule has 2 rings (SSSR count). The summed E-state index contributed by atoms with van der Waals surface area (Å²) in [6.45, 7) is 0. The van der Waals surface area contributed by atoms with Crippen LogP contribution in [-0.4, -0.2) is 4.92 Å². The molecule has 0 saturated carbocycles. The van der Waals surface area contributed by atoms with Crippen molar-refractivity contribution >= 4 is 5.69 Å². The zero-order chi connectivity index (χ0) is 14.0. The molecule has 0 fully saturated rings. The number of hydrogen-bond donors (Lipinski definition) is 0. The van der Waals surface area contributed by atoms with E-state index in [2.05, 4.69) is 0 Å². The van der Waals surface area contributed by atoms with Gasteiger partial charge in [-0.15, -0.1) is 0 Å². The third-order valence-corrected chi connectivity index (χ3v) is 2.57. The topological polar surface area (TPSA) is 66.9 Å². The van der Waals surface area contributed by atoms with E-state index < -0.39 is 22.2 Å². The number of halogens is 2. The van der Waals surface area contributed by atoms with E-state index >= 15 is 0 Å². The molecule has 0 atom stereocenters. The van der Waals surface area contributed by atoms with Gasteiger partial charge in [-0.05, 0) is 12.1 Å². The van der Waals surface area contributed by atoms with Crippen molar-refractivity contribution in [3.63, 3.8) is 0 Å². The maximum atomic E-state index is 13.7. The molecular formula is C13H6F2N2O2. The predicted molar refractivity (Wildman–Crippen MR) is 63.2 cm³/mol. The Kier molecular flexibility index (Phi) is 3.21. The molecule has 2 aromatic rings. The number of rotatable bonds is 2. The lowest BCUT2D eigenvalue weighted by Crippen LogP contribution is -1.96. The third kappa shape index (κ3) is 2.26. The molecule has 0 heterocycles. The summed E-state index contributed by atoms with van der Waals surface area (Å²) in [6, 6.07) is 8.80. The van der Waals surface area contributed by atoms with Crippen LogP contribution in [0.3, 0.4) is 0 Å². The van der Waals surface area contributed by atoms with Crippen molar-refractivity contribution in [1.29, 1.82) is 5.26 Å². The lowest BCUT2D eigenvalue weighted by atomic mass is 9.99. The van der Waals surface area contributed by atoms with Crippen LogP contribution in [0, 0.1) is 33.1 Å². The average Bonchev–Trinajstić information content (AvgIpc) is 2.39. The minimum atomic E-state index is -1.12. The summed E-state index contributed by atoms with van der Waals surface area (Å²) in [6.07, 6.45) is 0. The molecule has 2 aromatic carbocycles. The molecular weight excluding hydrogens is 254 g/mol. The van der Waals surface area contributed by atoms with E-state index in [1.807, 2.05) is 0 Å². The van der Waals surface area contributed by atoms with Crippen molar-refractivity contribution in [2.24, 2.45) is 0 Å². The summed E-state index contributed by atoms with van der Waals surface area (Å²) in [4.78, 5) is 9.76. The first kappa shape index (κ1) is 12.6. The van der Waals surface area contributed by atoms with Crippen LogP contribution >= 0.6 is 0 Å². The monoisotopic (exact) mass is 260 g/mol. The highest BCUT2D eigenvalue weighted by molar-refractivity contribution is 5.73. The van der Waals surface area contributed by atoms with E-state index in [1.54, 1.807) is 6.07 Å². The minimum Gasteiger partial charge on any atom is -0.258 e. The third-order valence-electron chi connectivity index (χ3n) is 2.57. The first-order valence-corrected chi connectivity index (χ1v) is 5.17. The molecule has 0 radical (unpaired) electrons. The maximum absolute atomic E-state index is 13.7. The van der Waals surface area contributed by atoms with Crippen LogP contribution in [0.1, 0.15) is 5.56 Å². The SMILES string of the molecule is N#Cc1cc(F)c([N+](=O)[O-])cc1-c1ccccc1F. The molecule has 6 heteroatoms. The van der Waals surface area contributed by atoms with Crippen molar-refractivity contribution in [3.05, 3.63) is 63.7 Å². The molecule has 19 heavy (non-hydrogen) atoms. The quantitative estimate of drug-likeness (QED) is 0.613. The minimum absolute atomic E-state index is 0.00583. The first-order valence-electron chi connectivity index (χ1n) is 5.17. The largest absolute Gasteiger partial charge is 0.305 e. The fourth-order valence-electron chi connectivity index (χ4n) is 1.70. The fourth-order valence-corrected chi connectivity index (χ4v) is 1.70. The van der Waals surface area contributed by atoms with E-state index in [0.717, 1.165) is 18.2 Å². The number of nitriles is 1. The number of nitrogens with zero attached hydrogens (tertiary/aromatic N) is 2. The lowest BCUT2D eigenvalue weighted by molar-refractivity contribution is -0.387. The number of hydrogen-bond acceptors (Lipinski definition) is 3. The van der Waals surface area contributed by atoms with Gasteiger partial charge in [0.15, 0.2) is 0 Å². The second-order valence-corrected chi connectivity index (χ2v) is 3.70. The van der Waals surface area contributed by atoms with Gasteiger partial charge < -0.3 is 0 Å². The van der Waals surface area contributed by atoms with Crippen LogP contribution in [0.4, 0.5) is 14.5 Å². The van der Waals surface area contributed by atoms with Crippen molar-refractivity contribution in [2.45, 2.75) is 0 Å². The Morgan fingerprint density at radius 1 is 1.11 bits per heavy atom. The number of nitro groups is 1. The van der Waals surface area contributed by atoms with E-state index in [4.69, 9.17) is 5.26 Å². The van der Waals surface area contributed by atoms with Gasteiger partial charge in [0.25, 0.3) is 0 Å². The van der Waals surface area contributed by atoms with E-state index in [0.29, 0.717) is 0 Å². The molecule has 0 aliphatic rings. The van der Waals surface area contributed by atoms with Gasteiger partial charge in [-0.2, -0.15) is 9.65 Å². The molecule has 0 saturated heterocycles. The summed E-state index contributed by atoms with van der Waals surface area (Å²) < 4.78 is 27.0. The normalized spacial score (nSPS) is 9.95. The van der Waals surface area contributed by atoms with Gasteiger partial charge in [-0.25, -0.2) is 4.39 Å². The molecule has 0 N–H and O–H groups in total. The van der Waals surface area contributed by atoms with Gasteiger partial charge in [0.1, 0.15) is 5.82 Å². The van der Waals surface area contributed by atoms with Crippen molar-refractivity contribution in [1.82, 2.24) is 0 Å². The molecule has 0 aromatic heterocycles. The average molecular weight is 260 g/mol. The molecule has 0 aliphatic carbocycles. The molecule has 94 valence electrons. The fraction of sp³-hybridized carbons (Fsp3) is 0. The van der Waals surface area contributed by atoms with E-state index in [-0.39, 0.29) is 16.7 Å². The molecule has 0 unspecified atom stereocenters. The van der Waals surface area contributed by atoms with Gasteiger partial charge in [0, 0.05) is 17.2 Å². The molecule has 0 aliphatic heterocycles. The molecule has 4 nitrogen and oxygen atoms in total. The summed E-state index contributed by atoms with van der Waals surface area (Å²) >= 11 is 0. The summed E-state index contributed by atoms with van der Waals surface area (Å²) in [5.41, 5.74) is -0.943.